The molecule has 116 valence electrons. The summed E-state index contributed by atoms with van der Waals surface area (Å²) in [5.41, 5.74) is 0.478. The maximum Gasteiger partial charge on any atom is 0.323 e. The second-order valence-electron chi connectivity index (χ2n) is 5.08. The van der Waals surface area contributed by atoms with Crippen LogP contribution in [0.5, 0.6) is 0 Å². The zero-order chi connectivity index (χ0) is 15.5. The van der Waals surface area contributed by atoms with E-state index in [4.69, 9.17) is 0 Å². The van der Waals surface area contributed by atoms with Gasteiger partial charge in [0.05, 0.1) is 0 Å². The maximum atomic E-state index is 13.1. The molecular formula is C14H14F2N4OS. The normalized spacial score (nSPS) is 14.4. The first-order valence-corrected chi connectivity index (χ1v) is 7.75. The van der Waals surface area contributed by atoms with Crippen LogP contribution < -0.4 is 5.32 Å². The third-order valence-corrected chi connectivity index (χ3v) is 4.19. The Balaban J connectivity index is 1.64. The number of hydrogen-bond donors (Lipinski definition) is 1. The molecule has 1 N–H and O–H groups in total. The zero-order valence-electron chi connectivity index (χ0n) is 11.7. The molecule has 22 heavy (non-hydrogen) atoms. The molecule has 2 heterocycles. The number of rotatable bonds is 3. The van der Waals surface area contributed by atoms with Gasteiger partial charge in [-0.05, 0) is 30.5 Å². The number of nitrogens with zero attached hydrogens (tertiary/aromatic N) is 3. The summed E-state index contributed by atoms with van der Waals surface area (Å²) in [6.07, 6.45) is 2.30. The van der Waals surface area contributed by atoms with Gasteiger partial charge in [0.25, 0.3) is 0 Å². The minimum atomic E-state index is -0.623. The number of amides is 2. The number of urea groups is 1. The Hall–Kier alpha value is -2.09. The molecule has 2 aromatic rings. The molecule has 8 heteroatoms. The van der Waals surface area contributed by atoms with Crippen LogP contribution in [0.1, 0.15) is 23.4 Å². The van der Waals surface area contributed by atoms with Gasteiger partial charge >= 0.3 is 6.03 Å². The van der Waals surface area contributed by atoms with Crippen molar-refractivity contribution in [3.63, 3.8) is 0 Å². The van der Waals surface area contributed by atoms with E-state index in [0.29, 0.717) is 15.7 Å². The Morgan fingerprint density at radius 3 is 2.55 bits per heavy atom. The van der Waals surface area contributed by atoms with Gasteiger partial charge in [0.1, 0.15) is 16.6 Å². The second kappa shape index (κ2) is 6.35. The van der Waals surface area contributed by atoms with Crippen molar-refractivity contribution >= 4 is 22.5 Å². The molecule has 0 radical (unpaired) electrons. The van der Waals surface area contributed by atoms with Crippen molar-refractivity contribution in [3.8, 4) is 0 Å². The summed E-state index contributed by atoms with van der Waals surface area (Å²) >= 11 is 1.20. The zero-order valence-corrected chi connectivity index (χ0v) is 12.5. The van der Waals surface area contributed by atoms with Crippen LogP contribution in [0.15, 0.2) is 18.2 Å². The predicted molar refractivity (Wildman–Crippen MR) is 78.9 cm³/mol. The number of anilines is 1. The Kier molecular flexibility index (Phi) is 4.28. The number of benzene rings is 1. The monoisotopic (exact) mass is 324 g/mol. The number of hydrogen-bond acceptors (Lipinski definition) is 4. The largest absolute Gasteiger partial charge is 0.324 e. The fourth-order valence-corrected chi connectivity index (χ4v) is 3.12. The molecule has 0 bridgehead atoms. The Bertz CT molecular complexity index is 665. The lowest BCUT2D eigenvalue weighted by atomic mass is 10.1. The van der Waals surface area contributed by atoms with Crippen LogP contribution in [0.2, 0.25) is 0 Å². The van der Waals surface area contributed by atoms with E-state index in [2.05, 4.69) is 15.5 Å². The van der Waals surface area contributed by atoms with Crippen molar-refractivity contribution in [2.45, 2.75) is 19.3 Å². The summed E-state index contributed by atoms with van der Waals surface area (Å²) in [5, 5.41) is 11.5. The van der Waals surface area contributed by atoms with Crippen LogP contribution in [0, 0.1) is 11.6 Å². The predicted octanol–water partition coefficient (Wildman–Crippen LogP) is 3.03. The first kappa shape index (κ1) is 14.8. The van der Waals surface area contributed by atoms with E-state index in [1.807, 2.05) is 0 Å². The Labute approximate surface area is 130 Å². The molecule has 0 spiro atoms. The van der Waals surface area contributed by atoms with Crippen molar-refractivity contribution in [1.29, 1.82) is 0 Å². The summed E-state index contributed by atoms with van der Waals surface area (Å²) in [6.45, 7) is 1.50. The van der Waals surface area contributed by atoms with E-state index in [1.54, 1.807) is 4.90 Å². The fraction of sp³-hybridized carbons (Fsp3) is 0.357. The van der Waals surface area contributed by atoms with E-state index in [9.17, 15) is 13.6 Å². The highest BCUT2D eigenvalue weighted by Crippen LogP contribution is 2.20. The van der Waals surface area contributed by atoms with Gasteiger partial charge in [-0.2, -0.15) is 0 Å². The summed E-state index contributed by atoms with van der Waals surface area (Å²) < 4.78 is 26.3. The maximum absolute atomic E-state index is 13.1. The minimum absolute atomic E-state index is 0.183. The molecule has 0 atom stereocenters. The van der Waals surface area contributed by atoms with E-state index in [1.165, 1.54) is 23.5 Å². The molecule has 5 nitrogen and oxygen atoms in total. The number of nitrogens with one attached hydrogen (secondary N) is 1. The molecule has 1 aliphatic rings. The standard InChI is InChI=1S/C14H14F2N4OS/c15-10-5-9(6-11(16)8-10)7-12-18-19-13(22-12)17-14(21)20-3-1-2-4-20/h5-6,8H,1-4,7H2,(H,17,19,21). The third-order valence-electron chi connectivity index (χ3n) is 3.35. The van der Waals surface area contributed by atoms with Crippen molar-refractivity contribution in [3.05, 3.63) is 40.4 Å². The summed E-state index contributed by atoms with van der Waals surface area (Å²) in [4.78, 5) is 13.7. The SMILES string of the molecule is O=C(Nc1nnc(Cc2cc(F)cc(F)c2)s1)N1CCCC1. The Morgan fingerprint density at radius 2 is 1.86 bits per heavy atom. The molecule has 2 amide bonds. The van der Waals surface area contributed by atoms with Gasteiger partial charge < -0.3 is 4.90 Å². The lowest BCUT2D eigenvalue weighted by Crippen LogP contribution is -2.32. The molecule has 1 aromatic carbocycles. The number of likely N-dealkylation sites (tertiary alicyclic amines) is 1. The van der Waals surface area contributed by atoms with Gasteiger partial charge in [0.15, 0.2) is 0 Å². The topological polar surface area (TPSA) is 58.1 Å². The molecule has 0 saturated carbocycles. The molecular weight excluding hydrogens is 310 g/mol. The summed E-state index contributed by atoms with van der Waals surface area (Å²) in [5.74, 6) is -1.25. The van der Waals surface area contributed by atoms with E-state index in [0.717, 1.165) is 32.0 Å². The van der Waals surface area contributed by atoms with E-state index >= 15 is 0 Å². The molecule has 3 rings (SSSR count). The van der Waals surface area contributed by atoms with Crippen LogP contribution in [0.25, 0.3) is 0 Å². The Morgan fingerprint density at radius 1 is 1.18 bits per heavy atom. The summed E-state index contributed by atoms with van der Waals surface area (Å²) in [7, 11) is 0. The van der Waals surface area contributed by atoms with Crippen LogP contribution in [0.3, 0.4) is 0 Å². The molecule has 0 unspecified atom stereocenters. The number of halogens is 2. The average molecular weight is 324 g/mol. The molecule has 0 aliphatic carbocycles. The number of carbonyl (C=O) groups excluding carboxylic acids is 1. The van der Waals surface area contributed by atoms with Crippen molar-refractivity contribution in [2.24, 2.45) is 0 Å². The van der Waals surface area contributed by atoms with Crippen LogP contribution in [-0.4, -0.2) is 34.2 Å². The number of carbonyl (C=O) groups is 1. The van der Waals surface area contributed by atoms with Crippen LogP contribution in [0.4, 0.5) is 18.7 Å². The fourth-order valence-electron chi connectivity index (χ4n) is 2.35. The van der Waals surface area contributed by atoms with Gasteiger partial charge in [-0.1, -0.05) is 11.3 Å². The molecule has 1 aliphatic heterocycles. The van der Waals surface area contributed by atoms with E-state index < -0.39 is 11.6 Å². The average Bonchev–Trinajstić information content (AvgIpc) is 3.09. The quantitative estimate of drug-likeness (QED) is 0.944. The smallest absolute Gasteiger partial charge is 0.323 e. The van der Waals surface area contributed by atoms with Crippen molar-refractivity contribution in [2.75, 3.05) is 18.4 Å². The second-order valence-corrected chi connectivity index (χ2v) is 6.14. The highest BCUT2D eigenvalue weighted by molar-refractivity contribution is 7.15. The van der Waals surface area contributed by atoms with Gasteiger partial charge in [0.2, 0.25) is 5.13 Å². The lowest BCUT2D eigenvalue weighted by Gasteiger charge is -2.14. The molecule has 1 aromatic heterocycles. The van der Waals surface area contributed by atoms with Gasteiger partial charge in [0, 0.05) is 25.6 Å². The van der Waals surface area contributed by atoms with Crippen molar-refractivity contribution < 1.29 is 13.6 Å². The van der Waals surface area contributed by atoms with Crippen molar-refractivity contribution in [1.82, 2.24) is 15.1 Å². The first-order valence-electron chi connectivity index (χ1n) is 6.93. The lowest BCUT2D eigenvalue weighted by molar-refractivity contribution is 0.222. The minimum Gasteiger partial charge on any atom is -0.324 e. The van der Waals surface area contributed by atoms with Crippen LogP contribution >= 0.6 is 11.3 Å². The first-order chi connectivity index (χ1) is 10.6. The van der Waals surface area contributed by atoms with Gasteiger partial charge in [-0.3, -0.25) is 5.32 Å². The highest BCUT2D eigenvalue weighted by Gasteiger charge is 2.19. The molecule has 1 fully saturated rings. The van der Waals surface area contributed by atoms with E-state index in [-0.39, 0.29) is 12.5 Å². The van der Waals surface area contributed by atoms with Gasteiger partial charge in [-0.15, -0.1) is 10.2 Å². The highest BCUT2D eigenvalue weighted by atomic mass is 32.1. The third kappa shape index (κ3) is 3.56. The molecule has 1 saturated heterocycles. The van der Waals surface area contributed by atoms with Crippen LogP contribution in [-0.2, 0) is 6.42 Å². The van der Waals surface area contributed by atoms with Gasteiger partial charge in [-0.25, -0.2) is 13.6 Å². The number of aromatic nitrogens is 2. The summed E-state index contributed by atoms with van der Waals surface area (Å²) in [6, 6.07) is 3.16.